The molecule has 37 heavy (non-hydrogen) atoms. The fraction of sp³-hybridized carbons (Fsp3) is 0.148. The van der Waals surface area contributed by atoms with E-state index in [2.05, 4.69) is 21.1 Å². The minimum Gasteiger partial charge on any atom is -0.409 e. The van der Waals surface area contributed by atoms with Gasteiger partial charge in [0.15, 0.2) is 17.3 Å². The van der Waals surface area contributed by atoms with Crippen molar-refractivity contribution in [2.24, 2.45) is 10.9 Å². The van der Waals surface area contributed by atoms with E-state index in [0.29, 0.717) is 18.9 Å². The van der Waals surface area contributed by atoms with E-state index in [1.807, 2.05) is 65.3 Å². The average molecular weight is 493 g/mol. The molecule has 0 atom stereocenters. The Kier molecular flexibility index (Phi) is 5.91. The summed E-state index contributed by atoms with van der Waals surface area (Å²) in [5.41, 5.74) is 11.0. The van der Waals surface area contributed by atoms with Crippen LogP contribution in [0.3, 0.4) is 0 Å². The van der Waals surface area contributed by atoms with Crippen LogP contribution in [0.1, 0.15) is 17.1 Å². The number of anilines is 1. The molecule has 0 amide bonds. The van der Waals surface area contributed by atoms with Crippen molar-refractivity contribution in [3.8, 4) is 11.3 Å². The molecule has 1 aromatic carbocycles. The predicted molar refractivity (Wildman–Crippen MR) is 142 cm³/mol. The number of hydrogen-bond acceptors (Lipinski definition) is 8. The number of ether oxygens (including phenoxy) is 1. The Hall–Kier alpha value is -4.83. The second-order valence-corrected chi connectivity index (χ2v) is 8.61. The van der Waals surface area contributed by atoms with E-state index < -0.39 is 0 Å². The number of rotatable bonds is 5. The van der Waals surface area contributed by atoms with Crippen LogP contribution in [-0.2, 0) is 4.74 Å². The van der Waals surface area contributed by atoms with Crippen LogP contribution in [-0.4, -0.2) is 61.7 Å². The predicted octanol–water partition coefficient (Wildman–Crippen LogP) is 3.44. The first-order valence-corrected chi connectivity index (χ1v) is 11.9. The summed E-state index contributed by atoms with van der Waals surface area (Å²) in [6, 6.07) is 15.7. The molecule has 184 valence electrons. The highest BCUT2D eigenvalue weighted by atomic mass is 16.5. The maximum absolute atomic E-state index is 8.93. The zero-order valence-electron chi connectivity index (χ0n) is 19.9. The van der Waals surface area contributed by atoms with E-state index >= 15 is 0 Å². The molecular formula is C27H24N8O2. The van der Waals surface area contributed by atoms with Crippen molar-refractivity contribution < 1.29 is 9.94 Å². The Balaban J connectivity index is 1.41. The normalized spacial score (nSPS) is 14.7. The smallest absolute Gasteiger partial charge is 0.188 e. The average Bonchev–Trinajstić information content (AvgIpc) is 3.40. The molecule has 1 fully saturated rings. The molecule has 3 N–H and O–H groups in total. The zero-order valence-corrected chi connectivity index (χ0v) is 19.9. The highest BCUT2D eigenvalue weighted by molar-refractivity contribution is 5.95. The van der Waals surface area contributed by atoms with E-state index in [-0.39, 0.29) is 5.84 Å². The third kappa shape index (κ3) is 4.45. The fourth-order valence-electron chi connectivity index (χ4n) is 4.37. The first kappa shape index (κ1) is 22.6. The number of pyridine rings is 2. The van der Waals surface area contributed by atoms with Crippen LogP contribution in [0.2, 0.25) is 0 Å². The Morgan fingerprint density at radius 1 is 0.946 bits per heavy atom. The van der Waals surface area contributed by atoms with Gasteiger partial charge in [0.25, 0.3) is 0 Å². The van der Waals surface area contributed by atoms with Crippen LogP contribution < -0.4 is 10.6 Å². The first-order chi connectivity index (χ1) is 18.2. The number of morpholine rings is 1. The van der Waals surface area contributed by atoms with Gasteiger partial charge in [0.1, 0.15) is 5.69 Å². The van der Waals surface area contributed by atoms with Crippen LogP contribution >= 0.6 is 0 Å². The summed E-state index contributed by atoms with van der Waals surface area (Å²) in [7, 11) is 0. The molecule has 10 heteroatoms. The van der Waals surface area contributed by atoms with Gasteiger partial charge in [0, 0.05) is 36.4 Å². The molecule has 1 aliphatic rings. The quantitative estimate of drug-likeness (QED) is 0.165. The maximum atomic E-state index is 8.93. The molecule has 5 heterocycles. The van der Waals surface area contributed by atoms with E-state index in [0.717, 1.165) is 58.1 Å². The molecular weight excluding hydrogens is 468 g/mol. The molecule has 1 saturated heterocycles. The van der Waals surface area contributed by atoms with Gasteiger partial charge >= 0.3 is 0 Å². The van der Waals surface area contributed by atoms with Gasteiger partial charge in [-0.2, -0.15) is 0 Å². The number of hydrogen-bond donors (Lipinski definition) is 2. The minimum absolute atomic E-state index is 0.0464. The van der Waals surface area contributed by atoms with E-state index in [1.165, 1.54) is 0 Å². The topological polar surface area (TPSA) is 127 Å². The molecule has 0 aliphatic carbocycles. The molecule has 1 aliphatic heterocycles. The van der Waals surface area contributed by atoms with Crippen LogP contribution in [0.25, 0.3) is 40.0 Å². The number of para-hydroxylation sites is 1. The monoisotopic (exact) mass is 492 g/mol. The van der Waals surface area contributed by atoms with Gasteiger partial charge in [-0.3, -0.25) is 9.38 Å². The van der Waals surface area contributed by atoms with Gasteiger partial charge in [0.05, 0.1) is 42.0 Å². The van der Waals surface area contributed by atoms with Crippen molar-refractivity contribution in [2.45, 2.75) is 0 Å². The Morgan fingerprint density at radius 3 is 2.59 bits per heavy atom. The molecule has 0 radical (unpaired) electrons. The van der Waals surface area contributed by atoms with Gasteiger partial charge in [-0.1, -0.05) is 29.4 Å². The lowest BCUT2D eigenvalue weighted by Crippen LogP contribution is -2.37. The van der Waals surface area contributed by atoms with Crippen LogP contribution in [0, 0.1) is 0 Å². The SMILES string of the molecule is N/C(=N\O)c1ccc(-c2cnc(N3CCOCC3)c3nc(/C=C/c4ccc5ccccc5n4)cn23)cn1. The number of nitrogens with zero attached hydrogens (tertiary/aromatic N) is 7. The number of imidazole rings is 1. The molecule has 5 aromatic rings. The Labute approximate surface area is 212 Å². The number of fused-ring (bicyclic) bond motifs is 2. The first-order valence-electron chi connectivity index (χ1n) is 11.9. The third-order valence-electron chi connectivity index (χ3n) is 6.28. The molecule has 10 nitrogen and oxygen atoms in total. The second kappa shape index (κ2) is 9.67. The number of benzene rings is 1. The van der Waals surface area contributed by atoms with Crippen LogP contribution in [0.4, 0.5) is 5.82 Å². The summed E-state index contributed by atoms with van der Waals surface area (Å²) in [5, 5.41) is 13.1. The Bertz CT molecular complexity index is 1640. The summed E-state index contributed by atoms with van der Waals surface area (Å²) in [6.07, 6.45) is 9.38. The lowest BCUT2D eigenvalue weighted by atomic mass is 10.2. The molecule has 0 unspecified atom stereocenters. The number of oxime groups is 1. The van der Waals surface area contributed by atoms with Crippen molar-refractivity contribution in [2.75, 3.05) is 31.2 Å². The molecule has 0 bridgehead atoms. The van der Waals surface area contributed by atoms with Gasteiger partial charge in [0.2, 0.25) is 0 Å². The largest absolute Gasteiger partial charge is 0.409 e. The molecule has 4 aromatic heterocycles. The fourth-order valence-corrected chi connectivity index (χ4v) is 4.37. The van der Waals surface area contributed by atoms with Crippen molar-refractivity contribution in [3.63, 3.8) is 0 Å². The van der Waals surface area contributed by atoms with E-state index in [4.69, 9.17) is 30.6 Å². The highest BCUT2D eigenvalue weighted by Crippen LogP contribution is 2.27. The van der Waals surface area contributed by atoms with Crippen molar-refractivity contribution >= 4 is 40.4 Å². The molecule has 0 spiro atoms. The van der Waals surface area contributed by atoms with Crippen molar-refractivity contribution in [3.05, 3.63) is 84.2 Å². The van der Waals surface area contributed by atoms with Crippen LogP contribution in [0.5, 0.6) is 0 Å². The van der Waals surface area contributed by atoms with Gasteiger partial charge in [-0.25, -0.2) is 15.0 Å². The van der Waals surface area contributed by atoms with Gasteiger partial charge < -0.3 is 20.6 Å². The van der Waals surface area contributed by atoms with Crippen molar-refractivity contribution in [1.29, 1.82) is 0 Å². The zero-order chi connectivity index (χ0) is 25.2. The van der Waals surface area contributed by atoms with E-state index in [1.54, 1.807) is 12.3 Å². The highest BCUT2D eigenvalue weighted by Gasteiger charge is 2.19. The third-order valence-corrected chi connectivity index (χ3v) is 6.28. The summed E-state index contributed by atoms with van der Waals surface area (Å²) in [4.78, 5) is 20.9. The molecule has 6 rings (SSSR count). The maximum Gasteiger partial charge on any atom is 0.188 e. The number of amidine groups is 1. The summed E-state index contributed by atoms with van der Waals surface area (Å²) >= 11 is 0. The number of nitrogens with two attached hydrogens (primary N) is 1. The lowest BCUT2D eigenvalue weighted by Gasteiger charge is -2.28. The van der Waals surface area contributed by atoms with E-state index in [9.17, 15) is 0 Å². The second-order valence-electron chi connectivity index (χ2n) is 8.61. The summed E-state index contributed by atoms with van der Waals surface area (Å²) in [5.74, 6) is 0.756. The standard InChI is InChI=1S/C27H24N8O2/c28-25(33-36)23-10-6-19(15-29-23)24-16-30-26(34-11-13-37-14-12-34)27-32-21(17-35(24)27)9-8-20-7-5-18-3-1-2-4-22(18)31-20/h1-10,15-17,36H,11-14H2,(H2,28,33)/b9-8+. The van der Waals surface area contributed by atoms with Crippen molar-refractivity contribution in [1.82, 2.24) is 24.3 Å². The number of aromatic nitrogens is 5. The minimum atomic E-state index is -0.0464. The van der Waals surface area contributed by atoms with Gasteiger partial charge in [-0.15, -0.1) is 0 Å². The lowest BCUT2D eigenvalue weighted by molar-refractivity contribution is 0.122. The van der Waals surface area contributed by atoms with Crippen LogP contribution in [0.15, 0.2) is 72.3 Å². The molecule has 0 saturated carbocycles. The van der Waals surface area contributed by atoms with Gasteiger partial charge in [-0.05, 0) is 36.4 Å². The Morgan fingerprint density at radius 2 is 1.78 bits per heavy atom. The summed E-state index contributed by atoms with van der Waals surface area (Å²) < 4.78 is 7.55. The summed E-state index contributed by atoms with van der Waals surface area (Å²) in [6.45, 7) is 2.79.